The predicted octanol–water partition coefficient (Wildman–Crippen LogP) is 1.98. The van der Waals surface area contributed by atoms with E-state index < -0.39 is 5.97 Å². The molecule has 2 aromatic rings. The molecule has 0 atom stereocenters. The second-order valence-electron chi connectivity index (χ2n) is 5.57. The molecule has 0 aromatic heterocycles. The molecule has 1 N–H and O–H groups in total. The summed E-state index contributed by atoms with van der Waals surface area (Å²) >= 11 is 0. The van der Waals surface area contributed by atoms with Crippen molar-refractivity contribution in [3.63, 3.8) is 0 Å². The van der Waals surface area contributed by atoms with Gasteiger partial charge in [0, 0.05) is 6.54 Å². The number of benzene rings is 2. The van der Waals surface area contributed by atoms with E-state index in [1.54, 1.807) is 38.5 Å². The third kappa shape index (κ3) is 7.27. The molecule has 2 rings (SSSR count). The first-order chi connectivity index (χ1) is 13.1. The lowest BCUT2D eigenvalue weighted by Gasteiger charge is -2.08. The van der Waals surface area contributed by atoms with Gasteiger partial charge in [0.25, 0.3) is 5.91 Å². The number of hydrogen-bond acceptors (Lipinski definition) is 6. The minimum atomic E-state index is -0.615. The Bertz CT molecular complexity index is 727. The standard InChI is InChI=1S/C20H23NO6/c1-24-16-5-3-15(4-6-16)11-12-21-19(22)13-27-20(23)14-26-18-9-7-17(25-2)8-10-18/h3-10H,11-14H2,1-2H3,(H,21,22). The van der Waals surface area contributed by atoms with Crippen molar-refractivity contribution >= 4 is 11.9 Å². The highest BCUT2D eigenvalue weighted by atomic mass is 16.6. The molecule has 0 unspecified atom stereocenters. The topological polar surface area (TPSA) is 83.1 Å². The first kappa shape index (κ1) is 20.1. The van der Waals surface area contributed by atoms with Crippen LogP contribution in [-0.2, 0) is 20.7 Å². The van der Waals surface area contributed by atoms with Gasteiger partial charge in [0.15, 0.2) is 13.2 Å². The van der Waals surface area contributed by atoms with Gasteiger partial charge in [0.2, 0.25) is 0 Å². The number of amides is 1. The summed E-state index contributed by atoms with van der Waals surface area (Å²) < 4.78 is 20.3. The third-order valence-corrected chi connectivity index (χ3v) is 3.68. The summed E-state index contributed by atoms with van der Waals surface area (Å²) in [6.07, 6.45) is 0.671. The SMILES string of the molecule is COc1ccc(CCNC(=O)COC(=O)COc2ccc(OC)cc2)cc1. The molecular weight excluding hydrogens is 350 g/mol. The van der Waals surface area contributed by atoms with Crippen LogP contribution in [0.25, 0.3) is 0 Å². The minimum Gasteiger partial charge on any atom is -0.497 e. The zero-order valence-corrected chi connectivity index (χ0v) is 15.4. The molecule has 7 nitrogen and oxygen atoms in total. The molecule has 0 saturated carbocycles. The highest BCUT2D eigenvalue weighted by molar-refractivity contribution is 5.80. The van der Waals surface area contributed by atoms with Crippen molar-refractivity contribution in [2.75, 3.05) is 34.0 Å². The highest BCUT2D eigenvalue weighted by Gasteiger charge is 2.08. The second kappa shape index (κ2) is 10.7. The van der Waals surface area contributed by atoms with E-state index >= 15 is 0 Å². The third-order valence-electron chi connectivity index (χ3n) is 3.68. The summed E-state index contributed by atoms with van der Waals surface area (Å²) in [5, 5.41) is 2.70. The van der Waals surface area contributed by atoms with Gasteiger partial charge >= 0.3 is 5.97 Å². The summed E-state index contributed by atoms with van der Waals surface area (Å²) in [5.41, 5.74) is 1.07. The summed E-state index contributed by atoms with van der Waals surface area (Å²) in [6.45, 7) is -0.163. The van der Waals surface area contributed by atoms with Crippen molar-refractivity contribution in [1.29, 1.82) is 0 Å². The fraction of sp³-hybridized carbons (Fsp3) is 0.300. The van der Waals surface area contributed by atoms with Crippen LogP contribution < -0.4 is 19.5 Å². The van der Waals surface area contributed by atoms with Gasteiger partial charge in [-0.2, -0.15) is 0 Å². The van der Waals surface area contributed by atoms with Gasteiger partial charge in [-0.15, -0.1) is 0 Å². The average molecular weight is 373 g/mol. The lowest BCUT2D eigenvalue weighted by Crippen LogP contribution is -2.31. The van der Waals surface area contributed by atoms with Gasteiger partial charge in [-0.1, -0.05) is 12.1 Å². The van der Waals surface area contributed by atoms with Crippen LogP contribution in [0.2, 0.25) is 0 Å². The van der Waals surface area contributed by atoms with Crippen molar-refractivity contribution < 1.29 is 28.5 Å². The Morgan fingerprint density at radius 1 is 0.815 bits per heavy atom. The van der Waals surface area contributed by atoms with Crippen LogP contribution in [0.4, 0.5) is 0 Å². The maximum Gasteiger partial charge on any atom is 0.344 e. The van der Waals surface area contributed by atoms with Gasteiger partial charge in [-0.25, -0.2) is 4.79 Å². The van der Waals surface area contributed by atoms with Crippen LogP contribution in [0, 0.1) is 0 Å². The fourth-order valence-corrected chi connectivity index (χ4v) is 2.19. The van der Waals surface area contributed by atoms with Gasteiger partial charge in [-0.05, 0) is 48.4 Å². The molecule has 0 fully saturated rings. The molecule has 0 spiro atoms. The van der Waals surface area contributed by atoms with Gasteiger partial charge < -0.3 is 24.3 Å². The Hall–Kier alpha value is -3.22. The van der Waals surface area contributed by atoms with Gasteiger partial charge in [0.1, 0.15) is 17.2 Å². The van der Waals surface area contributed by atoms with Crippen LogP contribution >= 0.6 is 0 Å². The quantitative estimate of drug-likeness (QED) is 0.641. The van der Waals surface area contributed by atoms with Crippen molar-refractivity contribution in [2.24, 2.45) is 0 Å². The molecule has 0 saturated heterocycles. The molecule has 0 heterocycles. The van der Waals surface area contributed by atoms with Crippen LogP contribution in [0.15, 0.2) is 48.5 Å². The van der Waals surface area contributed by atoms with E-state index in [2.05, 4.69) is 5.32 Å². The van der Waals surface area contributed by atoms with Crippen LogP contribution in [-0.4, -0.2) is 45.9 Å². The Balaban J connectivity index is 1.60. The molecule has 0 radical (unpaired) electrons. The monoisotopic (exact) mass is 373 g/mol. The van der Waals surface area contributed by atoms with E-state index in [0.717, 1.165) is 11.3 Å². The number of nitrogens with one attached hydrogen (secondary N) is 1. The number of esters is 1. The number of carbonyl (C=O) groups is 2. The van der Waals surface area contributed by atoms with Crippen molar-refractivity contribution in [3.05, 3.63) is 54.1 Å². The lowest BCUT2D eigenvalue weighted by atomic mass is 10.1. The Labute approximate surface area is 158 Å². The molecule has 7 heteroatoms. The first-order valence-corrected chi connectivity index (χ1v) is 8.43. The van der Waals surface area contributed by atoms with Crippen LogP contribution in [0.5, 0.6) is 17.2 Å². The average Bonchev–Trinajstić information content (AvgIpc) is 2.71. The maximum atomic E-state index is 11.7. The van der Waals surface area contributed by atoms with E-state index in [9.17, 15) is 9.59 Å². The fourth-order valence-electron chi connectivity index (χ4n) is 2.19. The minimum absolute atomic E-state index is 0.272. The molecule has 0 aliphatic rings. The Kier molecular flexibility index (Phi) is 7.96. The van der Waals surface area contributed by atoms with Gasteiger partial charge in [0.05, 0.1) is 14.2 Å². The largest absolute Gasteiger partial charge is 0.497 e. The number of hydrogen-bond donors (Lipinski definition) is 1. The smallest absolute Gasteiger partial charge is 0.344 e. The predicted molar refractivity (Wildman–Crippen MR) is 99.2 cm³/mol. The van der Waals surface area contributed by atoms with E-state index in [1.165, 1.54) is 0 Å². The van der Waals surface area contributed by atoms with Crippen LogP contribution in [0.1, 0.15) is 5.56 Å². The zero-order valence-electron chi connectivity index (χ0n) is 15.4. The number of rotatable bonds is 10. The summed E-state index contributed by atoms with van der Waals surface area (Å²) in [4.78, 5) is 23.4. The van der Waals surface area contributed by atoms with E-state index in [1.807, 2.05) is 24.3 Å². The van der Waals surface area contributed by atoms with Crippen molar-refractivity contribution in [1.82, 2.24) is 5.32 Å². The van der Waals surface area contributed by atoms with Crippen LogP contribution in [0.3, 0.4) is 0 Å². The second-order valence-corrected chi connectivity index (χ2v) is 5.57. The highest BCUT2D eigenvalue weighted by Crippen LogP contribution is 2.16. The van der Waals surface area contributed by atoms with E-state index in [4.69, 9.17) is 18.9 Å². The maximum absolute atomic E-state index is 11.7. The molecule has 1 amide bonds. The van der Waals surface area contributed by atoms with Gasteiger partial charge in [-0.3, -0.25) is 4.79 Å². The molecule has 0 aliphatic carbocycles. The number of carbonyl (C=O) groups excluding carboxylic acids is 2. The van der Waals surface area contributed by atoms with E-state index in [-0.39, 0.29) is 19.1 Å². The summed E-state index contributed by atoms with van der Waals surface area (Å²) in [5.74, 6) is 1.01. The normalized spacial score (nSPS) is 10.0. The van der Waals surface area contributed by atoms with Crippen molar-refractivity contribution in [3.8, 4) is 17.2 Å². The summed E-state index contributed by atoms with van der Waals surface area (Å²) in [6, 6.07) is 14.4. The summed E-state index contributed by atoms with van der Waals surface area (Å²) in [7, 11) is 3.17. The molecule has 27 heavy (non-hydrogen) atoms. The molecule has 0 bridgehead atoms. The first-order valence-electron chi connectivity index (χ1n) is 8.43. The molecule has 144 valence electrons. The Morgan fingerprint density at radius 3 is 1.96 bits per heavy atom. The molecule has 2 aromatic carbocycles. The Morgan fingerprint density at radius 2 is 1.37 bits per heavy atom. The van der Waals surface area contributed by atoms with Crippen molar-refractivity contribution in [2.45, 2.75) is 6.42 Å². The number of methoxy groups -OCH3 is 2. The molecule has 0 aliphatic heterocycles. The zero-order chi connectivity index (χ0) is 19.5. The lowest BCUT2D eigenvalue weighted by molar-refractivity contribution is -0.150. The molecular formula is C20H23NO6. The number of ether oxygens (including phenoxy) is 4. The van der Waals surface area contributed by atoms with E-state index in [0.29, 0.717) is 24.5 Å².